The molecule has 7 nitrogen and oxygen atoms in total. The number of carbonyl (C=O) groups excluding carboxylic acids is 1. The molecular formula is C19H19NO6. The lowest BCUT2D eigenvalue weighted by Gasteiger charge is -2.13. The number of carboxylic acid groups (broad SMARTS) is 1. The monoisotopic (exact) mass is 357 g/mol. The van der Waals surface area contributed by atoms with Crippen molar-refractivity contribution in [1.82, 2.24) is 5.32 Å². The average molecular weight is 357 g/mol. The maximum absolute atomic E-state index is 12.3. The molecule has 2 heterocycles. The van der Waals surface area contributed by atoms with E-state index in [-0.39, 0.29) is 18.4 Å². The van der Waals surface area contributed by atoms with Crippen molar-refractivity contribution < 1.29 is 23.5 Å². The molecule has 26 heavy (non-hydrogen) atoms. The van der Waals surface area contributed by atoms with Gasteiger partial charge in [-0.3, -0.25) is 4.79 Å². The number of furan rings is 1. The Labute approximate surface area is 148 Å². The maximum atomic E-state index is 12.3. The topological polar surface area (TPSA) is 110 Å². The normalized spacial score (nSPS) is 12.4. The highest BCUT2D eigenvalue weighted by Crippen LogP contribution is 2.28. The second kappa shape index (κ2) is 6.67. The third-order valence-electron chi connectivity index (χ3n) is 4.55. The zero-order valence-corrected chi connectivity index (χ0v) is 14.7. The minimum atomic E-state index is -1.11. The van der Waals surface area contributed by atoms with Gasteiger partial charge in [0.25, 0.3) is 0 Å². The molecule has 136 valence electrons. The Bertz CT molecular complexity index is 1070. The first-order valence-corrected chi connectivity index (χ1v) is 8.28. The maximum Gasteiger partial charge on any atom is 0.340 e. The van der Waals surface area contributed by atoms with Gasteiger partial charge in [-0.15, -0.1) is 0 Å². The van der Waals surface area contributed by atoms with Gasteiger partial charge in [-0.25, -0.2) is 9.59 Å². The molecule has 1 atom stereocenters. The Balaban J connectivity index is 2.01. The summed E-state index contributed by atoms with van der Waals surface area (Å²) in [6, 6.07) is 2.55. The fourth-order valence-corrected chi connectivity index (χ4v) is 2.99. The number of hydrogen-bond acceptors (Lipinski definition) is 5. The lowest BCUT2D eigenvalue weighted by Crippen LogP contribution is -2.41. The van der Waals surface area contributed by atoms with Crippen LogP contribution in [0.4, 0.5) is 0 Å². The van der Waals surface area contributed by atoms with Gasteiger partial charge in [-0.05, 0) is 37.5 Å². The van der Waals surface area contributed by atoms with Crippen molar-refractivity contribution in [3.63, 3.8) is 0 Å². The molecule has 0 saturated carbocycles. The summed E-state index contributed by atoms with van der Waals surface area (Å²) >= 11 is 0. The van der Waals surface area contributed by atoms with E-state index < -0.39 is 23.5 Å². The van der Waals surface area contributed by atoms with Gasteiger partial charge in [0.15, 0.2) is 0 Å². The van der Waals surface area contributed by atoms with Crippen LogP contribution in [-0.2, 0) is 16.0 Å². The number of benzene rings is 1. The van der Waals surface area contributed by atoms with Crippen LogP contribution >= 0.6 is 0 Å². The quantitative estimate of drug-likeness (QED) is 0.679. The second-order valence-corrected chi connectivity index (χ2v) is 6.30. The number of aliphatic carboxylic acids is 1. The van der Waals surface area contributed by atoms with Gasteiger partial charge in [0, 0.05) is 16.8 Å². The van der Waals surface area contributed by atoms with E-state index in [2.05, 4.69) is 5.32 Å². The SMILES string of the molecule is CC[C@@H](NC(=O)Cc1c(C)c2cc3c(C)coc3cc2oc1=O)C(=O)O. The number of amides is 1. The number of carbonyl (C=O) groups is 2. The first kappa shape index (κ1) is 17.7. The van der Waals surface area contributed by atoms with E-state index in [0.717, 1.165) is 16.3 Å². The highest BCUT2D eigenvalue weighted by molar-refractivity contribution is 5.96. The van der Waals surface area contributed by atoms with E-state index in [9.17, 15) is 14.4 Å². The van der Waals surface area contributed by atoms with Crippen molar-refractivity contribution in [2.75, 3.05) is 0 Å². The number of nitrogens with one attached hydrogen (secondary N) is 1. The summed E-state index contributed by atoms with van der Waals surface area (Å²) in [5.74, 6) is -1.64. The molecule has 0 spiro atoms. The molecule has 0 aliphatic carbocycles. The Morgan fingerprint density at radius 2 is 1.92 bits per heavy atom. The molecule has 2 N–H and O–H groups in total. The molecule has 0 aliphatic rings. The van der Waals surface area contributed by atoms with Gasteiger partial charge < -0.3 is 19.3 Å². The lowest BCUT2D eigenvalue weighted by molar-refractivity contribution is -0.141. The van der Waals surface area contributed by atoms with Gasteiger partial charge in [0.2, 0.25) is 5.91 Å². The zero-order chi connectivity index (χ0) is 19.0. The summed E-state index contributed by atoms with van der Waals surface area (Å²) in [4.78, 5) is 35.6. The fourth-order valence-electron chi connectivity index (χ4n) is 2.99. The van der Waals surface area contributed by atoms with Crippen LogP contribution in [0.15, 0.2) is 32.0 Å². The Kier molecular flexibility index (Phi) is 4.54. The Morgan fingerprint density at radius 1 is 1.19 bits per heavy atom. The van der Waals surface area contributed by atoms with Crippen molar-refractivity contribution in [1.29, 1.82) is 0 Å². The molecule has 0 bridgehead atoms. The van der Waals surface area contributed by atoms with Crippen LogP contribution in [0.3, 0.4) is 0 Å². The summed E-state index contributed by atoms with van der Waals surface area (Å²) < 4.78 is 10.8. The van der Waals surface area contributed by atoms with Crippen LogP contribution in [0.2, 0.25) is 0 Å². The summed E-state index contributed by atoms with van der Waals surface area (Å²) in [7, 11) is 0. The standard InChI is InChI=1S/C19H19NO6/c1-4-14(18(22)23)20-17(21)6-13-10(3)12-5-11-9(2)8-25-15(11)7-16(12)26-19(13)24/h5,7-8,14H,4,6H2,1-3H3,(H,20,21)(H,22,23)/t14-/m1/s1. The van der Waals surface area contributed by atoms with E-state index in [1.165, 1.54) is 0 Å². The summed E-state index contributed by atoms with van der Waals surface area (Å²) in [6.45, 7) is 5.32. The summed E-state index contributed by atoms with van der Waals surface area (Å²) in [5, 5.41) is 13.1. The van der Waals surface area contributed by atoms with Gasteiger partial charge in [0.1, 0.15) is 17.2 Å². The van der Waals surface area contributed by atoms with Crippen LogP contribution in [0.25, 0.3) is 21.9 Å². The molecule has 7 heteroatoms. The molecule has 2 aromatic heterocycles. The first-order valence-electron chi connectivity index (χ1n) is 8.28. The number of carboxylic acids is 1. The van der Waals surface area contributed by atoms with Gasteiger partial charge >= 0.3 is 11.6 Å². The predicted octanol–water partition coefficient (Wildman–Crippen LogP) is 2.68. The van der Waals surface area contributed by atoms with Gasteiger partial charge in [0.05, 0.1) is 18.2 Å². The van der Waals surface area contributed by atoms with Crippen LogP contribution in [-0.4, -0.2) is 23.0 Å². The van der Waals surface area contributed by atoms with E-state index in [1.807, 2.05) is 13.0 Å². The number of fused-ring (bicyclic) bond motifs is 2. The minimum absolute atomic E-state index is 0.218. The van der Waals surface area contributed by atoms with E-state index >= 15 is 0 Å². The largest absolute Gasteiger partial charge is 0.480 e. The smallest absolute Gasteiger partial charge is 0.340 e. The molecule has 0 fully saturated rings. The zero-order valence-electron chi connectivity index (χ0n) is 14.7. The highest BCUT2D eigenvalue weighted by atomic mass is 16.4. The number of hydrogen-bond donors (Lipinski definition) is 2. The lowest BCUT2D eigenvalue weighted by atomic mass is 10.0. The molecule has 1 amide bonds. The molecule has 3 rings (SSSR count). The van der Waals surface area contributed by atoms with Crippen molar-refractivity contribution in [2.45, 2.75) is 39.7 Å². The Hall–Kier alpha value is -3.09. The van der Waals surface area contributed by atoms with Crippen molar-refractivity contribution in [3.8, 4) is 0 Å². The van der Waals surface area contributed by atoms with Crippen LogP contribution < -0.4 is 10.9 Å². The minimum Gasteiger partial charge on any atom is -0.480 e. The molecule has 0 aliphatic heterocycles. The molecule has 0 saturated heterocycles. The van der Waals surface area contributed by atoms with Crippen LogP contribution in [0, 0.1) is 13.8 Å². The first-order chi connectivity index (χ1) is 12.3. The fraction of sp³-hybridized carbons (Fsp3) is 0.316. The van der Waals surface area contributed by atoms with Crippen molar-refractivity contribution in [3.05, 3.63) is 45.5 Å². The number of aryl methyl sites for hydroxylation is 2. The highest BCUT2D eigenvalue weighted by Gasteiger charge is 2.21. The molecule has 1 aromatic carbocycles. The predicted molar refractivity (Wildman–Crippen MR) is 95.3 cm³/mol. The van der Waals surface area contributed by atoms with Gasteiger partial charge in [-0.1, -0.05) is 6.92 Å². The summed E-state index contributed by atoms with van der Waals surface area (Å²) in [6.07, 6.45) is 1.64. The number of rotatable bonds is 5. The van der Waals surface area contributed by atoms with E-state index in [1.54, 1.807) is 26.2 Å². The second-order valence-electron chi connectivity index (χ2n) is 6.30. The van der Waals surface area contributed by atoms with Crippen molar-refractivity contribution >= 4 is 33.8 Å². The summed E-state index contributed by atoms with van der Waals surface area (Å²) in [5.41, 5.74) is 2.20. The molecule has 0 radical (unpaired) electrons. The third kappa shape index (κ3) is 3.08. The molecule has 0 unspecified atom stereocenters. The molecule has 3 aromatic rings. The van der Waals surface area contributed by atoms with Crippen LogP contribution in [0.1, 0.15) is 30.0 Å². The van der Waals surface area contributed by atoms with Crippen LogP contribution in [0.5, 0.6) is 0 Å². The van der Waals surface area contributed by atoms with E-state index in [0.29, 0.717) is 16.7 Å². The molecular weight excluding hydrogens is 338 g/mol. The van der Waals surface area contributed by atoms with Gasteiger partial charge in [-0.2, -0.15) is 0 Å². The van der Waals surface area contributed by atoms with E-state index in [4.69, 9.17) is 13.9 Å². The average Bonchev–Trinajstić information content (AvgIpc) is 2.95. The Morgan fingerprint density at radius 3 is 2.58 bits per heavy atom. The van der Waals surface area contributed by atoms with Crippen molar-refractivity contribution in [2.24, 2.45) is 0 Å². The third-order valence-corrected chi connectivity index (χ3v) is 4.55.